The molecule has 0 saturated carbocycles. The highest BCUT2D eigenvalue weighted by Gasteiger charge is 2.04. The van der Waals surface area contributed by atoms with Gasteiger partial charge in [-0.25, -0.2) is 0 Å². The highest BCUT2D eigenvalue weighted by molar-refractivity contribution is 4.96. The third kappa shape index (κ3) is 1.98. The van der Waals surface area contributed by atoms with Crippen molar-refractivity contribution in [1.82, 2.24) is 0 Å². The van der Waals surface area contributed by atoms with Crippen LogP contribution in [-0.4, -0.2) is 0 Å². The van der Waals surface area contributed by atoms with Crippen LogP contribution >= 0.6 is 0 Å². The van der Waals surface area contributed by atoms with Crippen molar-refractivity contribution in [1.29, 1.82) is 0 Å². The van der Waals surface area contributed by atoms with E-state index in [-0.39, 0.29) is 5.92 Å². The number of hydrogen-bond donors (Lipinski definition) is 0. The SMILES string of the molecule is C#CC([C+]=C)CC. The summed E-state index contributed by atoms with van der Waals surface area (Å²) < 4.78 is 0. The van der Waals surface area contributed by atoms with Crippen LogP contribution in [0.3, 0.4) is 0 Å². The Morgan fingerprint density at radius 2 is 2.57 bits per heavy atom. The molecular weight excluding hydrogens is 84.1 g/mol. The van der Waals surface area contributed by atoms with E-state index in [1.807, 2.05) is 6.92 Å². The maximum absolute atomic E-state index is 5.04. The predicted octanol–water partition coefficient (Wildman–Crippen LogP) is 1.63. The van der Waals surface area contributed by atoms with Crippen LogP contribution in [0.4, 0.5) is 0 Å². The topological polar surface area (TPSA) is 0 Å². The van der Waals surface area contributed by atoms with Crippen LogP contribution < -0.4 is 0 Å². The minimum atomic E-state index is 0.153. The fourth-order valence-electron chi connectivity index (χ4n) is 0.321. The summed E-state index contributed by atoms with van der Waals surface area (Å²) in [5, 5.41) is 0. The van der Waals surface area contributed by atoms with Crippen LogP contribution in [0.25, 0.3) is 0 Å². The van der Waals surface area contributed by atoms with E-state index < -0.39 is 0 Å². The Kier molecular flexibility index (Phi) is 3.02. The zero-order valence-corrected chi connectivity index (χ0v) is 4.57. The van der Waals surface area contributed by atoms with Crippen molar-refractivity contribution in [2.24, 2.45) is 5.92 Å². The summed E-state index contributed by atoms with van der Waals surface area (Å²) in [5.74, 6) is 2.68. The zero-order chi connectivity index (χ0) is 5.70. The van der Waals surface area contributed by atoms with E-state index in [4.69, 9.17) is 6.42 Å². The lowest BCUT2D eigenvalue weighted by atomic mass is 10.1. The van der Waals surface area contributed by atoms with E-state index in [0.29, 0.717) is 0 Å². The van der Waals surface area contributed by atoms with Crippen molar-refractivity contribution in [2.75, 3.05) is 0 Å². The quantitative estimate of drug-likeness (QED) is 0.359. The largest absolute Gasteiger partial charge is 0.234 e. The first-order valence-corrected chi connectivity index (χ1v) is 2.33. The molecule has 0 aliphatic rings. The van der Waals surface area contributed by atoms with Crippen LogP contribution in [0.5, 0.6) is 0 Å². The average molecular weight is 93.1 g/mol. The lowest BCUT2D eigenvalue weighted by Crippen LogP contribution is -1.85. The summed E-state index contributed by atoms with van der Waals surface area (Å²) in [6.07, 6.45) is 8.70. The third-order valence-electron chi connectivity index (χ3n) is 0.856. The molecule has 0 fully saturated rings. The summed E-state index contributed by atoms with van der Waals surface area (Å²) in [4.78, 5) is 0. The van der Waals surface area contributed by atoms with Gasteiger partial charge in [-0.15, -0.1) is 6.42 Å². The number of rotatable bonds is 2. The van der Waals surface area contributed by atoms with Crippen LogP contribution in [-0.2, 0) is 0 Å². The van der Waals surface area contributed by atoms with Crippen molar-refractivity contribution in [3.63, 3.8) is 0 Å². The fourth-order valence-corrected chi connectivity index (χ4v) is 0.321. The molecular formula is C7H9+. The van der Waals surface area contributed by atoms with Gasteiger partial charge in [-0.3, -0.25) is 0 Å². The normalized spacial score (nSPS) is 11.4. The van der Waals surface area contributed by atoms with Gasteiger partial charge >= 0.3 is 0 Å². The summed E-state index contributed by atoms with van der Waals surface area (Å²) >= 11 is 0. The van der Waals surface area contributed by atoms with Crippen molar-refractivity contribution in [3.05, 3.63) is 12.7 Å². The highest BCUT2D eigenvalue weighted by atomic mass is 13.9. The summed E-state index contributed by atoms with van der Waals surface area (Å²) in [5.41, 5.74) is 0. The Labute approximate surface area is 45.2 Å². The van der Waals surface area contributed by atoms with E-state index in [1.54, 1.807) is 0 Å². The van der Waals surface area contributed by atoms with E-state index in [0.717, 1.165) is 6.42 Å². The van der Waals surface area contributed by atoms with Gasteiger partial charge in [-0.1, -0.05) is 6.92 Å². The lowest BCUT2D eigenvalue weighted by molar-refractivity contribution is 0.783. The molecule has 0 spiro atoms. The average Bonchev–Trinajstić information content (AvgIpc) is 1.72. The molecule has 0 saturated heterocycles. The Hall–Kier alpha value is -0.790. The molecule has 0 amide bonds. The van der Waals surface area contributed by atoms with E-state index >= 15 is 0 Å². The number of terminal acetylenes is 1. The smallest absolute Gasteiger partial charge is 0.115 e. The third-order valence-corrected chi connectivity index (χ3v) is 0.856. The van der Waals surface area contributed by atoms with Crippen molar-refractivity contribution in [3.8, 4) is 12.3 Å². The number of allylic oxidation sites excluding steroid dienone is 1. The second-order valence-electron chi connectivity index (χ2n) is 1.33. The van der Waals surface area contributed by atoms with Crippen LogP contribution in [0.1, 0.15) is 13.3 Å². The molecule has 0 radical (unpaired) electrons. The first-order chi connectivity index (χ1) is 3.35. The monoisotopic (exact) mass is 93.1 g/mol. The minimum Gasteiger partial charge on any atom is -0.115 e. The second-order valence-corrected chi connectivity index (χ2v) is 1.33. The predicted molar refractivity (Wildman–Crippen MR) is 31.5 cm³/mol. The Morgan fingerprint density at radius 1 is 2.00 bits per heavy atom. The van der Waals surface area contributed by atoms with Gasteiger partial charge in [-0.2, -0.15) is 0 Å². The van der Waals surface area contributed by atoms with E-state index in [2.05, 4.69) is 18.6 Å². The van der Waals surface area contributed by atoms with Gasteiger partial charge in [0.15, 0.2) is 0 Å². The summed E-state index contributed by atoms with van der Waals surface area (Å²) in [7, 11) is 0. The molecule has 1 unspecified atom stereocenters. The van der Waals surface area contributed by atoms with Gasteiger partial charge < -0.3 is 0 Å². The molecule has 7 heavy (non-hydrogen) atoms. The van der Waals surface area contributed by atoms with Crippen molar-refractivity contribution in [2.45, 2.75) is 13.3 Å². The van der Waals surface area contributed by atoms with E-state index in [1.165, 1.54) is 0 Å². The first-order valence-electron chi connectivity index (χ1n) is 2.33. The Balaban J connectivity index is 3.43. The van der Waals surface area contributed by atoms with E-state index in [9.17, 15) is 0 Å². The maximum atomic E-state index is 5.04. The molecule has 0 aliphatic carbocycles. The van der Waals surface area contributed by atoms with Gasteiger partial charge in [0.25, 0.3) is 0 Å². The molecule has 1 atom stereocenters. The van der Waals surface area contributed by atoms with Crippen LogP contribution in [0.15, 0.2) is 6.58 Å². The van der Waals surface area contributed by atoms with Gasteiger partial charge in [0.05, 0.1) is 0 Å². The highest BCUT2D eigenvalue weighted by Crippen LogP contribution is 1.97. The molecule has 36 valence electrons. The molecule has 0 aromatic rings. The zero-order valence-electron chi connectivity index (χ0n) is 4.57. The lowest BCUT2D eigenvalue weighted by Gasteiger charge is -1.79. The summed E-state index contributed by atoms with van der Waals surface area (Å²) in [6, 6.07) is 0. The maximum Gasteiger partial charge on any atom is 0.234 e. The Morgan fingerprint density at radius 3 is 2.57 bits per heavy atom. The van der Waals surface area contributed by atoms with Gasteiger partial charge in [0.2, 0.25) is 12.0 Å². The molecule has 0 nitrogen and oxygen atoms in total. The van der Waals surface area contributed by atoms with Crippen molar-refractivity contribution >= 4 is 0 Å². The molecule has 0 rings (SSSR count). The summed E-state index contributed by atoms with van der Waals surface area (Å²) in [6.45, 7) is 5.45. The standard InChI is InChI=1S/C7H9/c1-4-7(5-2)6-3/h1,7H,2,6H2,3H3/q+1. The van der Waals surface area contributed by atoms with Crippen LogP contribution in [0.2, 0.25) is 0 Å². The molecule has 0 aliphatic heterocycles. The first kappa shape index (κ1) is 6.21. The molecule has 0 aromatic carbocycles. The molecule has 0 N–H and O–H groups in total. The van der Waals surface area contributed by atoms with Gasteiger partial charge in [-0.05, 0) is 5.92 Å². The second kappa shape index (κ2) is 3.40. The molecule has 0 heteroatoms. The van der Waals surface area contributed by atoms with Crippen molar-refractivity contribution < 1.29 is 0 Å². The van der Waals surface area contributed by atoms with Gasteiger partial charge in [0, 0.05) is 6.42 Å². The Bertz CT molecular complexity index is 84.7. The molecule has 0 heterocycles. The number of hydrogen-bond acceptors (Lipinski definition) is 0. The molecule has 0 bridgehead atoms. The van der Waals surface area contributed by atoms with Gasteiger partial charge in [0.1, 0.15) is 6.58 Å². The van der Waals surface area contributed by atoms with Crippen LogP contribution in [0, 0.1) is 24.3 Å². The fraction of sp³-hybridized carbons (Fsp3) is 0.429. The molecule has 0 aromatic heterocycles. The minimum absolute atomic E-state index is 0.153.